The first kappa shape index (κ1) is 12.5. The van der Waals surface area contributed by atoms with E-state index in [1.165, 1.54) is 6.20 Å². The third-order valence-electron chi connectivity index (χ3n) is 2.98. The maximum atomic E-state index is 12.5. The zero-order valence-corrected chi connectivity index (χ0v) is 10.9. The zero-order chi connectivity index (χ0) is 12.5. The van der Waals surface area contributed by atoms with E-state index in [4.69, 9.17) is 0 Å². The lowest BCUT2D eigenvalue weighted by Gasteiger charge is -2.36. The van der Waals surface area contributed by atoms with Crippen molar-refractivity contribution in [2.24, 2.45) is 0 Å². The highest BCUT2D eigenvalue weighted by Crippen LogP contribution is 2.21. The standard InChI is InChI=1S/C10H18N4O2S/c1-3-4-14(9-5-11-6-9)17(15,16)10-7-12-13-8(10)2/h7,9,11H,3-6H2,1-2H3,(H,12,13). The quantitative estimate of drug-likeness (QED) is 0.784. The number of aromatic amines is 1. The molecule has 2 heterocycles. The van der Waals surface area contributed by atoms with E-state index in [0.717, 1.165) is 19.5 Å². The molecule has 2 N–H and O–H groups in total. The number of nitrogens with one attached hydrogen (secondary N) is 2. The average molecular weight is 258 g/mol. The highest BCUT2D eigenvalue weighted by atomic mass is 32.2. The molecule has 7 heteroatoms. The van der Waals surface area contributed by atoms with Gasteiger partial charge in [-0.25, -0.2) is 8.42 Å². The molecule has 0 aromatic carbocycles. The molecular weight excluding hydrogens is 240 g/mol. The second-order valence-electron chi connectivity index (χ2n) is 4.29. The van der Waals surface area contributed by atoms with Crippen LogP contribution in [-0.4, -0.2) is 48.6 Å². The highest BCUT2D eigenvalue weighted by molar-refractivity contribution is 7.89. The van der Waals surface area contributed by atoms with Crippen LogP contribution in [0.3, 0.4) is 0 Å². The van der Waals surface area contributed by atoms with E-state index in [2.05, 4.69) is 15.5 Å². The summed E-state index contributed by atoms with van der Waals surface area (Å²) in [6.45, 7) is 5.73. The van der Waals surface area contributed by atoms with Gasteiger partial charge in [0.25, 0.3) is 0 Å². The second kappa shape index (κ2) is 4.75. The van der Waals surface area contributed by atoms with Gasteiger partial charge in [-0.3, -0.25) is 5.10 Å². The fourth-order valence-corrected chi connectivity index (χ4v) is 3.76. The van der Waals surface area contributed by atoms with Gasteiger partial charge in [-0.2, -0.15) is 9.40 Å². The molecule has 0 unspecified atom stereocenters. The van der Waals surface area contributed by atoms with Gasteiger partial charge in [-0.15, -0.1) is 0 Å². The lowest BCUT2D eigenvalue weighted by atomic mass is 10.2. The maximum absolute atomic E-state index is 12.5. The molecule has 1 fully saturated rings. The number of hydrogen-bond acceptors (Lipinski definition) is 4. The van der Waals surface area contributed by atoms with Crippen LogP contribution in [0.4, 0.5) is 0 Å². The van der Waals surface area contributed by atoms with Crippen molar-refractivity contribution in [1.82, 2.24) is 19.8 Å². The topological polar surface area (TPSA) is 78.1 Å². The molecule has 0 aliphatic carbocycles. The Kier molecular flexibility index (Phi) is 3.50. The van der Waals surface area contributed by atoms with E-state index >= 15 is 0 Å². The molecule has 1 aliphatic rings. The summed E-state index contributed by atoms with van der Waals surface area (Å²) in [5.41, 5.74) is 0.596. The van der Waals surface area contributed by atoms with E-state index in [0.29, 0.717) is 12.2 Å². The molecule has 0 radical (unpaired) electrons. The van der Waals surface area contributed by atoms with Gasteiger partial charge in [0.05, 0.1) is 17.9 Å². The fraction of sp³-hybridized carbons (Fsp3) is 0.700. The van der Waals surface area contributed by atoms with Gasteiger partial charge in [-0.05, 0) is 13.3 Å². The van der Waals surface area contributed by atoms with Crippen molar-refractivity contribution in [3.05, 3.63) is 11.9 Å². The number of H-pyrrole nitrogens is 1. The van der Waals surface area contributed by atoms with Gasteiger partial charge in [0.15, 0.2) is 0 Å². The molecule has 1 aromatic rings. The molecule has 96 valence electrons. The van der Waals surface area contributed by atoms with Crippen LogP contribution in [0.5, 0.6) is 0 Å². The molecule has 0 atom stereocenters. The number of hydrogen-bond donors (Lipinski definition) is 2. The van der Waals surface area contributed by atoms with Crippen LogP contribution in [0.15, 0.2) is 11.1 Å². The number of aromatic nitrogens is 2. The molecule has 0 spiro atoms. The zero-order valence-electron chi connectivity index (χ0n) is 10.1. The predicted molar refractivity (Wildman–Crippen MR) is 64.2 cm³/mol. The molecule has 6 nitrogen and oxygen atoms in total. The maximum Gasteiger partial charge on any atom is 0.246 e. The minimum atomic E-state index is -3.41. The Morgan fingerprint density at radius 2 is 2.24 bits per heavy atom. The third-order valence-corrected chi connectivity index (χ3v) is 5.05. The predicted octanol–water partition coefficient (Wildman–Crippen LogP) is 0.0906. The minimum absolute atomic E-state index is 0.0780. The summed E-state index contributed by atoms with van der Waals surface area (Å²) in [4.78, 5) is 0.290. The Morgan fingerprint density at radius 1 is 1.53 bits per heavy atom. The Morgan fingerprint density at radius 3 is 2.65 bits per heavy atom. The summed E-state index contributed by atoms with van der Waals surface area (Å²) >= 11 is 0. The van der Waals surface area contributed by atoms with E-state index in [-0.39, 0.29) is 10.9 Å². The molecule has 0 bridgehead atoms. The van der Waals surface area contributed by atoms with Crippen LogP contribution in [0.2, 0.25) is 0 Å². The van der Waals surface area contributed by atoms with Crippen molar-refractivity contribution in [2.75, 3.05) is 19.6 Å². The van der Waals surface area contributed by atoms with Crippen LogP contribution in [-0.2, 0) is 10.0 Å². The number of rotatable bonds is 5. The van der Waals surface area contributed by atoms with Gasteiger partial charge in [0.2, 0.25) is 10.0 Å². The average Bonchev–Trinajstić information content (AvgIpc) is 2.61. The van der Waals surface area contributed by atoms with Crippen molar-refractivity contribution in [2.45, 2.75) is 31.2 Å². The van der Waals surface area contributed by atoms with Crippen molar-refractivity contribution in [1.29, 1.82) is 0 Å². The Hall–Kier alpha value is -0.920. The molecule has 1 aliphatic heterocycles. The first-order valence-corrected chi connectivity index (χ1v) is 7.24. The van der Waals surface area contributed by atoms with Crippen molar-refractivity contribution >= 4 is 10.0 Å². The fourth-order valence-electron chi connectivity index (χ4n) is 1.92. The summed E-state index contributed by atoms with van der Waals surface area (Å²) in [5, 5.41) is 9.57. The second-order valence-corrected chi connectivity index (χ2v) is 6.15. The van der Waals surface area contributed by atoms with Crippen LogP contribution >= 0.6 is 0 Å². The van der Waals surface area contributed by atoms with Crippen LogP contribution in [0.25, 0.3) is 0 Å². The molecule has 2 rings (SSSR count). The number of sulfonamides is 1. The SMILES string of the molecule is CCCN(C1CNC1)S(=O)(=O)c1cn[nH]c1C. The van der Waals surface area contributed by atoms with Gasteiger partial charge in [0, 0.05) is 19.6 Å². The summed E-state index contributed by atoms with van der Waals surface area (Å²) in [6.07, 6.45) is 2.20. The first-order chi connectivity index (χ1) is 8.07. The Bertz CT molecular complexity index is 478. The monoisotopic (exact) mass is 258 g/mol. The van der Waals surface area contributed by atoms with Crippen molar-refractivity contribution in [3.8, 4) is 0 Å². The molecular formula is C10H18N4O2S. The lowest BCUT2D eigenvalue weighted by molar-refractivity contribution is 0.242. The van der Waals surface area contributed by atoms with E-state index < -0.39 is 10.0 Å². The number of aryl methyl sites for hydroxylation is 1. The van der Waals surface area contributed by atoms with Gasteiger partial charge in [-0.1, -0.05) is 6.92 Å². The van der Waals surface area contributed by atoms with Gasteiger partial charge in [0.1, 0.15) is 4.90 Å². The molecule has 0 saturated carbocycles. The molecule has 0 amide bonds. The Labute approximate surface area is 101 Å². The van der Waals surface area contributed by atoms with Crippen LogP contribution in [0, 0.1) is 6.92 Å². The smallest absolute Gasteiger partial charge is 0.246 e. The Balaban J connectivity index is 2.31. The largest absolute Gasteiger partial charge is 0.313 e. The minimum Gasteiger partial charge on any atom is -0.313 e. The van der Waals surface area contributed by atoms with Gasteiger partial charge >= 0.3 is 0 Å². The van der Waals surface area contributed by atoms with Gasteiger partial charge < -0.3 is 5.32 Å². The lowest BCUT2D eigenvalue weighted by Crippen LogP contribution is -2.58. The molecule has 17 heavy (non-hydrogen) atoms. The summed E-state index contributed by atoms with van der Waals surface area (Å²) < 4.78 is 26.5. The van der Waals surface area contributed by atoms with Crippen LogP contribution in [0.1, 0.15) is 19.0 Å². The highest BCUT2D eigenvalue weighted by Gasteiger charge is 2.35. The van der Waals surface area contributed by atoms with E-state index in [1.54, 1.807) is 11.2 Å². The summed E-state index contributed by atoms with van der Waals surface area (Å²) in [5.74, 6) is 0. The summed E-state index contributed by atoms with van der Waals surface area (Å²) in [6, 6.07) is 0.0780. The molecule has 1 saturated heterocycles. The third kappa shape index (κ3) is 2.22. The van der Waals surface area contributed by atoms with E-state index in [1.807, 2.05) is 6.92 Å². The van der Waals surface area contributed by atoms with Crippen molar-refractivity contribution in [3.63, 3.8) is 0 Å². The summed E-state index contributed by atoms with van der Waals surface area (Å²) in [7, 11) is -3.41. The molecule has 1 aromatic heterocycles. The first-order valence-electron chi connectivity index (χ1n) is 5.80. The van der Waals surface area contributed by atoms with E-state index in [9.17, 15) is 8.42 Å². The number of nitrogens with zero attached hydrogens (tertiary/aromatic N) is 2. The normalized spacial score (nSPS) is 17.4. The van der Waals surface area contributed by atoms with Crippen LogP contribution < -0.4 is 5.32 Å². The van der Waals surface area contributed by atoms with Crippen molar-refractivity contribution < 1.29 is 8.42 Å².